The van der Waals surface area contributed by atoms with Crippen molar-refractivity contribution in [3.05, 3.63) is 79.4 Å². The first kappa shape index (κ1) is 23.1. The molecule has 8 heteroatoms. The Kier molecular flexibility index (Phi) is 6.51. The van der Waals surface area contributed by atoms with E-state index in [1.807, 2.05) is 26.0 Å². The van der Waals surface area contributed by atoms with Gasteiger partial charge in [-0.25, -0.2) is 4.98 Å². The molecule has 2 heterocycles. The molecule has 1 N–H and O–H groups in total. The maximum absolute atomic E-state index is 13.9. The highest BCUT2D eigenvalue weighted by Crippen LogP contribution is 2.35. The monoisotopic (exact) mass is 509 g/mol. The number of fused-ring (bicyclic) bond motifs is 3. The fourth-order valence-electron chi connectivity index (χ4n) is 4.41. The normalized spacial score (nSPS) is 13.1. The number of carbonyl (C=O) groups is 1. The van der Waals surface area contributed by atoms with Gasteiger partial charge >= 0.3 is 0 Å². The zero-order chi connectivity index (χ0) is 23.8. The van der Waals surface area contributed by atoms with Crippen molar-refractivity contribution >= 4 is 56.5 Å². The minimum absolute atomic E-state index is 0.0445. The van der Waals surface area contributed by atoms with Gasteiger partial charge in [-0.3, -0.25) is 14.2 Å². The minimum atomic E-state index is -0.167. The fraction of sp³-hybridized carbons (Fsp3) is 0.269. The number of halogens is 1. The fourth-order valence-corrected chi connectivity index (χ4v) is 6.65. The molecule has 1 aliphatic rings. The molecule has 5 rings (SSSR count). The van der Waals surface area contributed by atoms with Crippen LogP contribution in [0.1, 0.15) is 34.4 Å². The van der Waals surface area contributed by atoms with E-state index in [1.54, 1.807) is 40.2 Å². The molecule has 0 aliphatic heterocycles. The van der Waals surface area contributed by atoms with E-state index in [1.165, 1.54) is 22.2 Å². The highest BCUT2D eigenvalue weighted by atomic mass is 35.5. The van der Waals surface area contributed by atoms with Crippen LogP contribution in [0.3, 0.4) is 0 Å². The van der Waals surface area contributed by atoms with Gasteiger partial charge in [0, 0.05) is 15.6 Å². The summed E-state index contributed by atoms with van der Waals surface area (Å²) in [6.45, 7) is 4.04. The summed E-state index contributed by atoms with van der Waals surface area (Å²) in [5.74, 6) is -0.0318. The van der Waals surface area contributed by atoms with E-state index < -0.39 is 0 Å². The molecule has 1 aliphatic carbocycles. The van der Waals surface area contributed by atoms with E-state index in [2.05, 4.69) is 11.4 Å². The van der Waals surface area contributed by atoms with Gasteiger partial charge in [-0.1, -0.05) is 41.1 Å². The second-order valence-corrected chi connectivity index (χ2v) is 11.0. The van der Waals surface area contributed by atoms with E-state index in [-0.39, 0.29) is 17.2 Å². The largest absolute Gasteiger partial charge is 0.325 e. The molecule has 174 valence electrons. The molecule has 0 radical (unpaired) electrons. The number of anilines is 1. The van der Waals surface area contributed by atoms with Crippen molar-refractivity contribution in [1.82, 2.24) is 9.55 Å². The second kappa shape index (κ2) is 9.56. The van der Waals surface area contributed by atoms with Gasteiger partial charge in [0.2, 0.25) is 5.91 Å². The van der Waals surface area contributed by atoms with Crippen LogP contribution in [0.2, 0.25) is 5.02 Å². The Morgan fingerprint density at radius 2 is 1.91 bits per heavy atom. The van der Waals surface area contributed by atoms with Crippen molar-refractivity contribution < 1.29 is 4.79 Å². The van der Waals surface area contributed by atoms with Crippen LogP contribution in [0.25, 0.3) is 15.9 Å². The Hall–Kier alpha value is -2.61. The Bertz CT molecular complexity index is 1460. The third-order valence-electron chi connectivity index (χ3n) is 6.01. The SMILES string of the molecule is Cc1ccc(-n2c(SCC(=O)Nc3ccc(Cl)cc3)nc3sc4c(c3c2=O)CCCC4)c(C)c1. The molecule has 2 aromatic heterocycles. The molecule has 5 nitrogen and oxygen atoms in total. The van der Waals surface area contributed by atoms with Gasteiger partial charge < -0.3 is 5.32 Å². The van der Waals surface area contributed by atoms with E-state index in [9.17, 15) is 9.59 Å². The molecule has 0 unspecified atom stereocenters. The predicted octanol–water partition coefficient (Wildman–Crippen LogP) is 6.33. The third kappa shape index (κ3) is 4.52. The van der Waals surface area contributed by atoms with Gasteiger partial charge in [-0.2, -0.15) is 0 Å². The summed E-state index contributed by atoms with van der Waals surface area (Å²) in [4.78, 5) is 33.5. The van der Waals surface area contributed by atoms with E-state index >= 15 is 0 Å². The lowest BCUT2D eigenvalue weighted by Crippen LogP contribution is -2.24. The van der Waals surface area contributed by atoms with Crippen LogP contribution in [0.4, 0.5) is 5.69 Å². The molecule has 2 aromatic carbocycles. The number of nitrogens with one attached hydrogen (secondary N) is 1. The van der Waals surface area contributed by atoms with Crippen LogP contribution in [0.5, 0.6) is 0 Å². The van der Waals surface area contributed by atoms with Crippen LogP contribution < -0.4 is 10.9 Å². The Morgan fingerprint density at radius 1 is 1.15 bits per heavy atom. The number of hydrogen-bond donors (Lipinski definition) is 1. The van der Waals surface area contributed by atoms with Gasteiger partial charge in [0.05, 0.1) is 16.8 Å². The number of benzene rings is 2. The zero-order valence-corrected chi connectivity index (χ0v) is 21.4. The highest BCUT2D eigenvalue weighted by molar-refractivity contribution is 7.99. The number of rotatable bonds is 5. The van der Waals surface area contributed by atoms with Crippen molar-refractivity contribution in [3.8, 4) is 5.69 Å². The molecular formula is C26H24ClN3O2S2. The first-order valence-electron chi connectivity index (χ1n) is 11.2. The van der Waals surface area contributed by atoms with E-state index in [4.69, 9.17) is 16.6 Å². The molecule has 0 atom stereocenters. The highest BCUT2D eigenvalue weighted by Gasteiger charge is 2.23. The first-order chi connectivity index (χ1) is 16.4. The Morgan fingerprint density at radius 3 is 2.68 bits per heavy atom. The molecule has 0 saturated carbocycles. The molecule has 0 bridgehead atoms. The minimum Gasteiger partial charge on any atom is -0.325 e. The van der Waals surface area contributed by atoms with Crippen molar-refractivity contribution in [3.63, 3.8) is 0 Å². The number of thioether (sulfide) groups is 1. The number of nitrogens with zero attached hydrogens (tertiary/aromatic N) is 2. The van der Waals surface area contributed by atoms with Crippen LogP contribution in [-0.4, -0.2) is 21.2 Å². The average Bonchev–Trinajstić information content (AvgIpc) is 3.19. The molecular weight excluding hydrogens is 486 g/mol. The van der Waals surface area contributed by atoms with E-state index in [0.29, 0.717) is 15.9 Å². The molecule has 0 saturated heterocycles. The summed E-state index contributed by atoms with van der Waals surface area (Å²) in [5, 5.41) is 4.77. The third-order valence-corrected chi connectivity index (χ3v) is 8.39. The van der Waals surface area contributed by atoms with Gasteiger partial charge in [0.15, 0.2) is 5.16 Å². The van der Waals surface area contributed by atoms with Crippen LogP contribution >= 0.6 is 34.7 Å². The molecule has 34 heavy (non-hydrogen) atoms. The summed E-state index contributed by atoms with van der Waals surface area (Å²) in [6, 6.07) is 13.0. The van der Waals surface area contributed by atoms with Crippen LogP contribution in [0, 0.1) is 13.8 Å². The van der Waals surface area contributed by atoms with Gasteiger partial charge in [-0.15, -0.1) is 11.3 Å². The van der Waals surface area contributed by atoms with Gasteiger partial charge in [0.25, 0.3) is 5.56 Å². The summed E-state index contributed by atoms with van der Waals surface area (Å²) in [6.07, 6.45) is 4.18. The predicted molar refractivity (Wildman–Crippen MR) is 142 cm³/mol. The number of carbonyl (C=O) groups excluding carboxylic acids is 1. The van der Waals surface area contributed by atoms with Crippen molar-refractivity contribution in [1.29, 1.82) is 0 Å². The lowest BCUT2D eigenvalue weighted by molar-refractivity contribution is -0.113. The topological polar surface area (TPSA) is 64.0 Å². The molecule has 1 amide bonds. The summed E-state index contributed by atoms with van der Waals surface area (Å²) in [5.41, 5.74) is 4.74. The quantitative estimate of drug-likeness (QED) is 0.252. The lowest BCUT2D eigenvalue weighted by Gasteiger charge is -2.15. The van der Waals surface area contributed by atoms with Crippen molar-refractivity contribution in [2.45, 2.75) is 44.7 Å². The lowest BCUT2D eigenvalue weighted by atomic mass is 9.97. The van der Waals surface area contributed by atoms with Gasteiger partial charge in [-0.05, 0) is 81.0 Å². The molecule has 0 spiro atoms. The summed E-state index contributed by atoms with van der Waals surface area (Å²) < 4.78 is 1.69. The first-order valence-corrected chi connectivity index (χ1v) is 13.4. The average molecular weight is 510 g/mol. The maximum Gasteiger partial charge on any atom is 0.267 e. The summed E-state index contributed by atoms with van der Waals surface area (Å²) in [7, 11) is 0. The number of aromatic nitrogens is 2. The Balaban J connectivity index is 1.55. The van der Waals surface area contributed by atoms with Crippen molar-refractivity contribution in [2.24, 2.45) is 0 Å². The zero-order valence-electron chi connectivity index (χ0n) is 19.0. The van der Waals surface area contributed by atoms with Gasteiger partial charge in [0.1, 0.15) is 4.83 Å². The Labute approximate surface area is 211 Å². The summed E-state index contributed by atoms with van der Waals surface area (Å²) >= 11 is 8.84. The molecule has 0 fully saturated rings. The maximum atomic E-state index is 13.9. The number of hydrogen-bond acceptors (Lipinski definition) is 5. The van der Waals surface area contributed by atoms with Crippen LogP contribution in [0.15, 0.2) is 52.4 Å². The number of amides is 1. The number of thiophene rings is 1. The standard InChI is InChI=1S/C26H24ClN3O2S2/c1-15-7-12-20(16(2)13-15)30-25(32)23-19-5-3-4-6-21(19)34-24(23)29-26(30)33-14-22(31)28-18-10-8-17(27)9-11-18/h7-13H,3-6,14H2,1-2H3,(H,28,31). The number of aryl methyl sites for hydroxylation is 4. The molecule has 4 aromatic rings. The van der Waals surface area contributed by atoms with Crippen LogP contribution in [-0.2, 0) is 17.6 Å². The van der Waals surface area contributed by atoms with Crippen molar-refractivity contribution in [2.75, 3.05) is 11.1 Å². The second-order valence-electron chi connectivity index (χ2n) is 8.56. The smallest absolute Gasteiger partial charge is 0.267 e. The van der Waals surface area contributed by atoms with E-state index in [0.717, 1.165) is 52.7 Å².